The summed E-state index contributed by atoms with van der Waals surface area (Å²) in [4.78, 5) is 11.9. The molecule has 0 heterocycles. The minimum atomic E-state index is 0. The molecule has 0 fully saturated rings. The summed E-state index contributed by atoms with van der Waals surface area (Å²) in [6.07, 6.45) is 3.82. The molecule has 4 N–H and O–H groups in total. The van der Waals surface area contributed by atoms with Gasteiger partial charge in [0.25, 0.3) is 0 Å². The van der Waals surface area contributed by atoms with Gasteiger partial charge in [-0.2, -0.15) is 0 Å². The lowest BCUT2D eigenvalue weighted by Crippen LogP contribution is -2.33. The summed E-state index contributed by atoms with van der Waals surface area (Å²) in [6.45, 7) is 5.08. The van der Waals surface area contributed by atoms with E-state index in [1.54, 1.807) is 0 Å². The Morgan fingerprint density at radius 3 is 1.53 bits per heavy atom. The topological polar surface area (TPSA) is 69.1 Å². The highest BCUT2D eigenvalue weighted by Crippen LogP contribution is 2.15. The quantitative estimate of drug-likeness (QED) is 0.675. The highest BCUT2D eigenvalue weighted by atomic mass is 35.5. The van der Waals surface area contributed by atoms with Gasteiger partial charge in [-0.25, -0.2) is 0 Å². The number of rotatable bonds is 8. The fourth-order valence-corrected chi connectivity index (χ4v) is 1.78. The van der Waals surface area contributed by atoms with E-state index in [1.807, 2.05) is 0 Å². The van der Waals surface area contributed by atoms with Crippen molar-refractivity contribution in [1.82, 2.24) is 0 Å². The SMILES string of the molecule is CCCC(CN)C(=O)C(CN)CCC.Cl. The minimum Gasteiger partial charge on any atom is -0.330 e. The fraction of sp³-hybridized carbons (Fsp3) is 0.909. The van der Waals surface area contributed by atoms with Crippen molar-refractivity contribution < 1.29 is 4.79 Å². The molecule has 92 valence electrons. The van der Waals surface area contributed by atoms with Crippen LogP contribution in [0.25, 0.3) is 0 Å². The van der Waals surface area contributed by atoms with Gasteiger partial charge in [-0.3, -0.25) is 4.79 Å². The normalized spacial score (nSPS) is 14.1. The largest absolute Gasteiger partial charge is 0.330 e. The third-order valence-electron chi connectivity index (χ3n) is 2.65. The average Bonchev–Trinajstić information content (AvgIpc) is 2.21. The first-order chi connectivity index (χ1) is 6.71. The molecule has 4 heteroatoms. The highest BCUT2D eigenvalue weighted by Gasteiger charge is 2.23. The lowest BCUT2D eigenvalue weighted by molar-refractivity contribution is -0.126. The molecular formula is C11H25ClN2O. The second-order valence-electron chi connectivity index (χ2n) is 3.84. The minimum absolute atomic E-state index is 0. The Balaban J connectivity index is 0. The van der Waals surface area contributed by atoms with E-state index in [9.17, 15) is 4.79 Å². The maximum atomic E-state index is 11.9. The summed E-state index contributed by atoms with van der Waals surface area (Å²) in [7, 11) is 0. The molecule has 0 aromatic rings. The number of carbonyl (C=O) groups excluding carboxylic acids is 1. The van der Waals surface area contributed by atoms with Crippen LogP contribution in [0.5, 0.6) is 0 Å². The van der Waals surface area contributed by atoms with Gasteiger partial charge < -0.3 is 11.5 Å². The van der Waals surface area contributed by atoms with Crippen LogP contribution in [0.4, 0.5) is 0 Å². The van der Waals surface area contributed by atoms with Gasteiger partial charge in [-0.15, -0.1) is 12.4 Å². The number of Topliss-reactive ketones (excluding diaryl/α,β-unsaturated/α-hetero) is 1. The number of ketones is 1. The lowest BCUT2D eigenvalue weighted by Gasteiger charge is -2.19. The molecule has 3 nitrogen and oxygen atoms in total. The molecule has 0 saturated heterocycles. The van der Waals surface area contributed by atoms with Crippen LogP contribution in [0, 0.1) is 11.8 Å². The van der Waals surface area contributed by atoms with Crippen molar-refractivity contribution in [3.63, 3.8) is 0 Å². The summed E-state index contributed by atoms with van der Waals surface area (Å²) >= 11 is 0. The van der Waals surface area contributed by atoms with E-state index in [4.69, 9.17) is 11.5 Å². The van der Waals surface area contributed by atoms with Crippen LogP contribution in [0.3, 0.4) is 0 Å². The predicted octanol–water partition coefficient (Wildman–Crippen LogP) is 1.73. The zero-order valence-corrected chi connectivity index (χ0v) is 10.7. The van der Waals surface area contributed by atoms with Crippen molar-refractivity contribution in [2.75, 3.05) is 13.1 Å². The molecule has 0 bridgehead atoms. The van der Waals surface area contributed by atoms with Gasteiger partial charge in [0.15, 0.2) is 0 Å². The van der Waals surface area contributed by atoms with Crippen LogP contribution in [-0.4, -0.2) is 18.9 Å². The van der Waals surface area contributed by atoms with Gasteiger partial charge in [0.2, 0.25) is 0 Å². The molecule has 0 aliphatic carbocycles. The van der Waals surface area contributed by atoms with E-state index in [0.29, 0.717) is 13.1 Å². The van der Waals surface area contributed by atoms with Crippen molar-refractivity contribution >= 4 is 18.2 Å². The van der Waals surface area contributed by atoms with Crippen LogP contribution < -0.4 is 11.5 Å². The Morgan fingerprint density at radius 1 is 1.00 bits per heavy atom. The molecule has 0 aliphatic heterocycles. The monoisotopic (exact) mass is 236 g/mol. The van der Waals surface area contributed by atoms with Gasteiger partial charge >= 0.3 is 0 Å². The van der Waals surface area contributed by atoms with Crippen LogP contribution in [0.15, 0.2) is 0 Å². The second-order valence-corrected chi connectivity index (χ2v) is 3.84. The summed E-state index contributed by atoms with van der Waals surface area (Å²) in [5, 5.41) is 0. The molecule has 0 aliphatic rings. The van der Waals surface area contributed by atoms with E-state index in [-0.39, 0.29) is 30.0 Å². The number of hydrogen-bond donors (Lipinski definition) is 2. The van der Waals surface area contributed by atoms with Crippen LogP contribution in [0.2, 0.25) is 0 Å². The molecule has 0 aromatic carbocycles. The van der Waals surface area contributed by atoms with Gasteiger partial charge in [0, 0.05) is 24.9 Å². The average molecular weight is 237 g/mol. The molecule has 15 heavy (non-hydrogen) atoms. The maximum Gasteiger partial charge on any atom is 0.141 e. The molecule has 2 unspecified atom stereocenters. The van der Waals surface area contributed by atoms with Crippen molar-refractivity contribution in [3.05, 3.63) is 0 Å². The molecule has 0 rings (SSSR count). The Kier molecular flexibility index (Phi) is 12.0. The van der Waals surface area contributed by atoms with E-state index >= 15 is 0 Å². The molecule has 2 atom stereocenters. The Hall–Kier alpha value is -0.120. The van der Waals surface area contributed by atoms with Gasteiger partial charge in [0.05, 0.1) is 0 Å². The van der Waals surface area contributed by atoms with E-state index < -0.39 is 0 Å². The van der Waals surface area contributed by atoms with Crippen molar-refractivity contribution in [1.29, 1.82) is 0 Å². The standard InChI is InChI=1S/C11H24N2O.ClH/c1-3-5-9(7-12)11(14)10(8-13)6-4-2;/h9-10H,3-8,12-13H2,1-2H3;1H. The van der Waals surface area contributed by atoms with Crippen LogP contribution in [0.1, 0.15) is 39.5 Å². The first kappa shape index (κ1) is 17.3. The van der Waals surface area contributed by atoms with Gasteiger partial charge in [-0.05, 0) is 12.8 Å². The Morgan fingerprint density at radius 2 is 1.33 bits per heavy atom. The van der Waals surface area contributed by atoms with Crippen molar-refractivity contribution in [2.45, 2.75) is 39.5 Å². The van der Waals surface area contributed by atoms with Gasteiger partial charge in [0.1, 0.15) is 5.78 Å². The van der Waals surface area contributed by atoms with Crippen LogP contribution >= 0.6 is 12.4 Å². The number of carbonyl (C=O) groups is 1. The van der Waals surface area contributed by atoms with Crippen molar-refractivity contribution in [2.24, 2.45) is 23.3 Å². The molecule has 0 aromatic heterocycles. The zero-order valence-electron chi connectivity index (χ0n) is 9.87. The first-order valence-corrected chi connectivity index (χ1v) is 5.65. The third-order valence-corrected chi connectivity index (χ3v) is 2.65. The maximum absolute atomic E-state index is 11.9. The van der Waals surface area contributed by atoms with E-state index in [1.165, 1.54) is 0 Å². The highest BCUT2D eigenvalue weighted by molar-refractivity contribution is 5.85. The zero-order chi connectivity index (χ0) is 11.0. The first-order valence-electron chi connectivity index (χ1n) is 5.65. The molecule has 0 amide bonds. The van der Waals surface area contributed by atoms with Gasteiger partial charge in [-0.1, -0.05) is 26.7 Å². The number of nitrogens with two attached hydrogens (primary N) is 2. The lowest BCUT2D eigenvalue weighted by atomic mass is 9.87. The fourth-order valence-electron chi connectivity index (χ4n) is 1.78. The van der Waals surface area contributed by atoms with Crippen LogP contribution in [-0.2, 0) is 4.79 Å². The molecule has 0 saturated carbocycles. The number of hydrogen-bond acceptors (Lipinski definition) is 3. The summed E-state index contributed by atoms with van der Waals surface area (Å²) in [6, 6.07) is 0. The predicted molar refractivity (Wildman–Crippen MR) is 67.2 cm³/mol. The van der Waals surface area contributed by atoms with E-state index in [0.717, 1.165) is 25.7 Å². The smallest absolute Gasteiger partial charge is 0.141 e. The number of halogens is 1. The summed E-state index contributed by atoms with van der Waals surface area (Å²) in [5.74, 6) is 0.332. The summed E-state index contributed by atoms with van der Waals surface area (Å²) < 4.78 is 0. The third kappa shape index (κ3) is 6.13. The molecule has 0 radical (unpaired) electrons. The second kappa shape index (κ2) is 10.4. The van der Waals surface area contributed by atoms with E-state index in [2.05, 4.69) is 13.8 Å². The van der Waals surface area contributed by atoms with Crippen molar-refractivity contribution in [3.8, 4) is 0 Å². The molecular weight excluding hydrogens is 212 g/mol. The summed E-state index contributed by atoms with van der Waals surface area (Å²) in [5.41, 5.74) is 11.2. The Labute approximate surface area is 99.4 Å². The molecule has 0 spiro atoms. The Bertz CT molecular complexity index is 149.